The first-order valence-corrected chi connectivity index (χ1v) is 6.60. The van der Waals surface area contributed by atoms with Gasteiger partial charge in [0.1, 0.15) is 0 Å². The SMILES string of the molecule is FC(F)=CP(c1ccccc1)c1ccccc1. The van der Waals surface area contributed by atoms with E-state index in [0.717, 1.165) is 16.4 Å². The molecule has 0 N–H and O–H groups in total. The Morgan fingerprint density at radius 3 is 1.53 bits per heavy atom. The van der Waals surface area contributed by atoms with E-state index in [1.807, 2.05) is 60.7 Å². The third-order valence-corrected chi connectivity index (χ3v) is 4.46. The van der Waals surface area contributed by atoms with Gasteiger partial charge in [-0.3, -0.25) is 0 Å². The van der Waals surface area contributed by atoms with Crippen molar-refractivity contribution in [3.05, 3.63) is 72.6 Å². The summed E-state index contributed by atoms with van der Waals surface area (Å²) in [5, 5.41) is 1.86. The van der Waals surface area contributed by atoms with E-state index in [-0.39, 0.29) is 0 Å². The van der Waals surface area contributed by atoms with Gasteiger partial charge in [0.05, 0.1) is 0 Å². The van der Waals surface area contributed by atoms with E-state index in [1.54, 1.807) is 0 Å². The lowest BCUT2D eigenvalue weighted by Crippen LogP contribution is -2.09. The van der Waals surface area contributed by atoms with Gasteiger partial charge >= 0.3 is 0 Å². The van der Waals surface area contributed by atoms with Gasteiger partial charge in [-0.05, 0) is 18.5 Å². The van der Waals surface area contributed by atoms with Gasteiger partial charge in [0.2, 0.25) is 0 Å². The Morgan fingerprint density at radius 2 is 1.18 bits per heavy atom. The standard InChI is InChI=1S/C14H11F2P/c15-14(16)11-17(12-7-3-1-4-8-12)13-9-5-2-6-10-13/h1-11H. The molecular weight excluding hydrogens is 237 g/mol. The molecule has 17 heavy (non-hydrogen) atoms. The molecule has 0 nitrogen and oxygen atoms in total. The summed E-state index contributed by atoms with van der Waals surface area (Å²) in [5.41, 5.74) is 0. The monoisotopic (exact) mass is 248 g/mol. The van der Waals surface area contributed by atoms with Crippen LogP contribution < -0.4 is 10.6 Å². The highest BCUT2D eigenvalue weighted by Gasteiger charge is 2.11. The van der Waals surface area contributed by atoms with Crippen LogP contribution in [-0.2, 0) is 0 Å². The van der Waals surface area contributed by atoms with Crippen molar-refractivity contribution in [2.24, 2.45) is 0 Å². The minimum atomic E-state index is -1.62. The lowest BCUT2D eigenvalue weighted by atomic mass is 10.4. The van der Waals surface area contributed by atoms with E-state index in [2.05, 4.69) is 0 Å². The van der Waals surface area contributed by atoms with Gasteiger partial charge < -0.3 is 0 Å². The summed E-state index contributed by atoms with van der Waals surface area (Å²) in [5.74, 6) is 1.06. The maximum atomic E-state index is 12.5. The molecule has 0 aromatic heterocycles. The van der Waals surface area contributed by atoms with E-state index >= 15 is 0 Å². The Labute approximate surface area is 100 Å². The molecule has 2 rings (SSSR count). The van der Waals surface area contributed by atoms with Gasteiger partial charge in [-0.25, -0.2) is 0 Å². The van der Waals surface area contributed by atoms with Crippen molar-refractivity contribution in [1.29, 1.82) is 0 Å². The molecule has 2 aromatic carbocycles. The highest BCUT2D eigenvalue weighted by Crippen LogP contribution is 2.36. The van der Waals surface area contributed by atoms with Crippen molar-refractivity contribution >= 4 is 18.5 Å². The highest BCUT2D eigenvalue weighted by atomic mass is 31.1. The molecule has 0 spiro atoms. The summed E-state index contributed by atoms with van der Waals surface area (Å²) < 4.78 is 25.1. The average Bonchev–Trinajstić information content (AvgIpc) is 2.38. The summed E-state index contributed by atoms with van der Waals surface area (Å²) in [6, 6.07) is 18.8. The van der Waals surface area contributed by atoms with E-state index in [4.69, 9.17) is 0 Å². The van der Waals surface area contributed by atoms with Gasteiger partial charge in [-0.1, -0.05) is 60.7 Å². The van der Waals surface area contributed by atoms with Crippen LogP contribution in [0, 0.1) is 0 Å². The van der Waals surface area contributed by atoms with Crippen molar-refractivity contribution < 1.29 is 8.78 Å². The number of halogens is 2. The van der Waals surface area contributed by atoms with Crippen molar-refractivity contribution in [2.45, 2.75) is 0 Å². The zero-order chi connectivity index (χ0) is 12.1. The van der Waals surface area contributed by atoms with Gasteiger partial charge in [0.15, 0.2) is 0 Å². The van der Waals surface area contributed by atoms with Crippen molar-refractivity contribution in [2.75, 3.05) is 0 Å². The minimum Gasteiger partial charge on any atom is -0.173 e. The lowest BCUT2D eigenvalue weighted by Gasteiger charge is -2.13. The molecule has 0 heterocycles. The fraction of sp³-hybridized carbons (Fsp3) is 0. The van der Waals surface area contributed by atoms with Crippen LogP contribution in [0.15, 0.2) is 72.6 Å². The van der Waals surface area contributed by atoms with E-state index in [1.165, 1.54) is 0 Å². The maximum Gasteiger partial charge on any atom is 0.271 e. The molecule has 86 valence electrons. The van der Waals surface area contributed by atoms with Gasteiger partial charge in [0.25, 0.3) is 6.08 Å². The number of benzene rings is 2. The fourth-order valence-electron chi connectivity index (χ4n) is 1.57. The summed E-state index contributed by atoms with van der Waals surface area (Å²) >= 11 is 0. The molecule has 3 heteroatoms. The number of rotatable bonds is 3. The van der Waals surface area contributed by atoms with Gasteiger partial charge in [0, 0.05) is 5.82 Å². The fourth-order valence-corrected chi connectivity index (χ4v) is 3.35. The Hall–Kier alpha value is -1.53. The molecule has 0 aliphatic heterocycles. The second-order valence-electron chi connectivity index (χ2n) is 3.46. The molecule has 2 aromatic rings. The first-order valence-electron chi connectivity index (χ1n) is 5.19. The molecule has 0 atom stereocenters. The van der Waals surface area contributed by atoms with Crippen LogP contribution in [0.25, 0.3) is 0 Å². The molecule has 0 aliphatic rings. The van der Waals surface area contributed by atoms with Crippen LogP contribution >= 0.6 is 7.92 Å². The Bertz CT molecular complexity index is 451. The smallest absolute Gasteiger partial charge is 0.173 e. The molecule has 0 saturated carbocycles. The second-order valence-corrected chi connectivity index (χ2v) is 5.49. The van der Waals surface area contributed by atoms with Gasteiger partial charge in [-0.15, -0.1) is 0 Å². The minimum absolute atomic E-state index is 0.932. The first kappa shape index (κ1) is 11.9. The molecule has 0 fully saturated rings. The average molecular weight is 248 g/mol. The molecule has 0 radical (unpaired) electrons. The van der Waals surface area contributed by atoms with Crippen LogP contribution in [0.1, 0.15) is 0 Å². The highest BCUT2D eigenvalue weighted by molar-refractivity contribution is 7.75. The Morgan fingerprint density at radius 1 is 0.765 bits per heavy atom. The van der Waals surface area contributed by atoms with Crippen LogP contribution in [0.3, 0.4) is 0 Å². The predicted molar refractivity (Wildman–Crippen MR) is 69.4 cm³/mol. The summed E-state index contributed by atoms with van der Waals surface area (Å²) in [6.07, 6.45) is -1.62. The summed E-state index contributed by atoms with van der Waals surface area (Å²) in [4.78, 5) is 0. The molecule has 0 bridgehead atoms. The largest absolute Gasteiger partial charge is 0.271 e. The normalized spacial score (nSPS) is 10.3. The Balaban J connectivity index is 2.43. The first-order chi connectivity index (χ1) is 8.27. The molecule has 0 unspecified atom stereocenters. The second kappa shape index (κ2) is 5.70. The number of hydrogen-bond donors (Lipinski definition) is 0. The van der Waals surface area contributed by atoms with Crippen molar-refractivity contribution in [3.8, 4) is 0 Å². The van der Waals surface area contributed by atoms with Crippen LogP contribution in [0.2, 0.25) is 0 Å². The quantitative estimate of drug-likeness (QED) is 0.723. The van der Waals surface area contributed by atoms with E-state index in [9.17, 15) is 8.78 Å². The zero-order valence-electron chi connectivity index (χ0n) is 9.05. The zero-order valence-corrected chi connectivity index (χ0v) is 9.95. The van der Waals surface area contributed by atoms with Crippen molar-refractivity contribution in [1.82, 2.24) is 0 Å². The molecule has 0 saturated heterocycles. The molecular formula is C14H11F2P. The predicted octanol–water partition coefficient (Wildman–Crippen LogP) is 3.86. The summed E-state index contributed by atoms with van der Waals surface area (Å²) in [6.45, 7) is 0. The number of hydrogen-bond acceptors (Lipinski definition) is 0. The van der Waals surface area contributed by atoms with Crippen LogP contribution in [-0.4, -0.2) is 0 Å². The van der Waals surface area contributed by atoms with Crippen LogP contribution in [0.5, 0.6) is 0 Å². The third-order valence-electron chi connectivity index (χ3n) is 2.30. The van der Waals surface area contributed by atoms with E-state index < -0.39 is 14.0 Å². The van der Waals surface area contributed by atoms with Gasteiger partial charge in [-0.2, -0.15) is 8.78 Å². The van der Waals surface area contributed by atoms with E-state index in [0.29, 0.717) is 0 Å². The topological polar surface area (TPSA) is 0 Å². The lowest BCUT2D eigenvalue weighted by molar-refractivity contribution is 0.424. The molecule has 0 amide bonds. The summed E-state index contributed by atoms with van der Waals surface area (Å²) in [7, 11) is -1.10. The van der Waals surface area contributed by atoms with Crippen LogP contribution in [0.4, 0.5) is 8.78 Å². The third kappa shape index (κ3) is 3.21. The maximum absolute atomic E-state index is 12.5. The Kier molecular flexibility index (Phi) is 4.00. The van der Waals surface area contributed by atoms with Crippen molar-refractivity contribution in [3.63, 3.8) is 0 Å². The molecule has 0 aliphatic carbocycles.